The van der Waals surface area contributed by atoms with Crippen molar-refractivity contribution in [3.05, 3.63) is 71.5 Å². The molecule has 0 aliphatic carbocycles. The van der Waals surface area contributed by atoms with Gasteiger partial charge in [-0.1, -0.05) is 30.3 Å². The Morgan fingerprint density at radius 3 is 2.47 bits per heavy atom. The lowest BCUT2D eigenvalue weighted by Gasteiger charge is -2.29. The van der Waals surface area contributed by atoms with Crippen molar-refractivity contribution in [1.82, 2.24) is 5.32 Å². The number of amides is 2. The number of hydrogen-bond acceptors (Lipinski definition) is 5. The Hall–Kier alpha value is -3.32. The van der Waals surface area contributed by atoms with E-state index in [0.29, 0.717) is 25.3 Å². The van der Waals surface area contributed by atoms with Gasteiger partial charge in [0.15, 0.2) is 0 Å². The van der Waals surface area contributed by atoms with Crippen molar-refractivity contribution < 1.29 is 19.4 Å². The van der Waals surface area contributed by atoms with Crippen LogP contribution in [0.4, 0.5) is 11.4 Å². The predicted octanol–water partition coefficient (Wildman–Crippen LogP) is 2.41. The van der Waals surface area contributed by atoms with Crippen LogP contribution in [0.25, 0.3) is 0 Å². The fraction of sp³-hybridized carbons (Fsp3) is 0.304. The minimum atomic E-state index is -0.609. The van der Waals surface area contributed by atoms with Crippen molar-refractivity contribution >= 4 is 23.2 Å². The molecule has 0 radical (unpaired) electrons. The molecule has 0 bridgehead atoms. The average Bonchev–Trinajstić information content (AvgIpc) is 2.75. The molecule has 1 saturated heterocycles. The van der Waals surface area contributed by atoms with Gasteiger partial charge in [0.25, 0.3) is 11.8 Å². The van der Waals surface area contributed by atoms with Gasteiger partial charge in [-0.15, -0.1) is 0 Å². The van der Waals surface area contributed by atoms with Crippen molar-refractivity contribution in [3.63, 3.8) is 0 Å². The van der Waals surface area contributed by atoms with E-state index in [-0.39, 0.29) is 23.8 Å². The zero-order valence-electron chi connectivity index (χ0n) is 16.6. The monoisotopic (exact) mass is 407 g/mol. The molecular weight excluding hydrogens is 382 g/mol. The molecule has 7 nitrogen and oxygen atoms in total. The molecule has 7 heteroatoms. The number of rotatable bonds is 5. The molecule has 156 valence electrons. The summed E-state index contributed by atoms with van der Waals surface area (Å²) in [6.45, 7) is 3.06. The van der Waals surface area contributed by atoms with Crippen LogP contribution in [0.3, 0.4) is 0 Å². The quantitative estimate of drug-likeness (QED) is 0.662. The van der Waals surface area contributed by atoms with Crippen molar-refractivity contribution in [2.24, 2.45) is 0 Å². The molecule has 0 saturated carbocycles. The third-order valence-corrected chi connectivity index (χ3v) is 5.34. The highest BCUT2D eigenvalue weighted by Crippen LogP contribution is 2.22. The smallest absolute Gasteiger partial charge is 0.264 e. The molecule has 0 spiro atoms. The van der Waals surface area contributed by atoms with Crippen LogP contribution in [0.5, 0.6) is 0 Å². The summed E-state index contributed by atoms with van der Waals surface area (Å²) in [4.78, 5) is 27.3. The van der Waals surface area contributed by atoms with E-state index in [4.69, 9.17) is 4.74 Å². The molecular formula is C23H25N3O4. The Labute approximate surface area is 175 Å². The number of hydrogen-bond donors (Lipinski definition) is 3. The topological polar surface area (TPSA) is 90.9 Å². The molecule has 2 aromatic rings. The summed E-state index contributed by atoms with van der Waals surface area (Å²) in [6, 6.07) is 16.9. The van der Waals surface area contributed by atoms with E-state index in [1.165, 1.54) is 0 Å². The molecule has 0 aromatic heterocycles. The second-order valence-corrected chi connectivity index (χ2v) is 7.49. The molecule has 2 aromatic carbocycles. The van der Waals surface area contributed by atoms with Crippen molar-refractivity contribution in [2.45, 2.75) is 18.9 Å². The largest absolute Gasteiger partial charge is 0.511 e. The second-order valence-electron chi connectivity index (χ2n) is 7.49. The van der Waals surface area contributed by atoms with Crippen molar-refractivity contribution in [2.75, 3.05) is 36.5 Å². The van der Waals surface area contributed by atoms with Gasteiger partial charge in [0.05, 0.1) is 13.2 Å². The summed E-state index contributed by atoms with van der Waals surface area (Å²) >= 11 is 0. The highest BCUT2D eigenvalue weighted by Gasteiger charge is 2.31. The zero-order valence-corrected chi connectivity index (χ0v) is 16.6. The molecule has 2 aliphatic heterocycles. The van der Waals surface area contributed by atoms with Crippen LogP contribution in [0.2, 0.25) is 0 Å². The van der Waals surface area contributed by atoms with Gasteiger partial charge in [-0.2, -0.15) is 0 Å². The molecule has 3 N–H and O–H groups in total. The number of carbonyl (C=O) groups is 2. The Morgan fingerprint density at radius 2 is 1.80 bits per heavy atom. The van der Waals surface area contributed by atoms with E-state index in [1.54, 1.807) is 12.1 Å². The van der Waals surface area contributed by atoms with Crippen LogP contribution < -0.4 is 15.5 Å². The first-order valence-corrected chi connectivity index (χ1v) is 10.1. The lowest BCUT2D eigenvalue weighted by atomic mass is 9.96. The number of aliphatic hydroxyl groups is 1. The molecule has 2 heterocycles. The first-order chi connectivity index (χ1) is 14.6. The molecule has 30 heavy (non-hydrogen) atoms. The third kappa shape index (κ3) is 4.63. The lowest BCUT2D eigenvalue weighted by Crippen LogP contribution is -2.44. The Kier molecular flexibility index (Phi) is 5.99. The first kappa shape index (κ1) is 20.0. The number of ether oxygens (including phenoxy) is 1. The zero-order chi connectivity index (χ0) is 20.9. The molecule has 2 amide bonds. The summed E-state index contributed by atoms with van der Waals surface area (Å²) < 4.78 is 5.36. The number of benzene rings is 2. The fourth-order valence-corrected chi connectivity index (χ4v) is 3.80. The van der Waals surface area contributed by atoms with Crippen LogP contribution in [-0.4, -0.2) is 49.3 Å². The van der Waals surface area contributed by atoms with Gasteiger partial charge in [0, 0.05) is 36.9 Å². The minimum Gasteiger partial charge on any atom is -0.511 e. The standard InChI is InChI=1S/C23H25N3O4/c27-20-15-18(14-16-4-2-1-3-5-16)25-23(29)21(20)22(28)24-17-6-8-19(9-7-17)26-10-12-30-13-11-26/h1-9,18,27H,10-15H2,(H,24,28)(H,25,29). The number of nitrogens with one attached hydrogen (secondary N) is 2. The number of morpholine rings is 1. The summed E-state index contributed by atoms with van der Waals surface area (Å²) in [6.07, 6.45) is 0.813. The van der Waals surface area contributed by atoms with Gasteiger partial charge in [-0.05, 0) is 36.2 Å². The highest BCUT2D eigenvalue weighted by atomic mass is 16.5. The van der Waals surface area contributed by atoms with Crippen LogP contribution in [0.15, 0.2) is 65.9 Å². The number of anilines is 2. The van der Waals surface area contributed by atoms with Crippen molar-refractivity contribution in [3.8, 4) is 0 Å². The second kappa shape index (κ2) is 9.00. The summed E-state index contributed by atoms with van der Waals surface area (Å²) in [5, 5.41) is 15.9. The van der Waals surface area contributed by atoms with Crippen LogP contribution >= 0.6 is 0 Å². The normalized spacial score (nSPS) is 19.4. The van der Waals surface area contributed by atoms with Gasteiger partial charge < -0.3 is 25.4 Å². The number of aliphatic hydroxyl groups excluding tert-OH is 1. The predicted molar refractivity (Wildman–Crippen MR) is 114 cm³/mol. The van der Waals surface area contributed by atoms with Gasteiger partial charge in [0.1, 0.15) is 11.3 Å². The molecule has 1 fully saturated rings. The first-order valence-electron chi connectivity index (χ1n) is 10.1. The van der Waals surface area contributed by atoms with Crippen LogP contribution in [-0.2, 0) is 20.7 Å². The molecule has 4 rings (SSSR count). The van der Waals surface area contributed by atoms with E-state index >= 15 is 0 Å². The van der Waals surface area contributed by atoms with E-state index in [2.05, 4.69) is 15.5 Å². The van der Waals surface area contributed by atoms with Gasteiger partial charge in [-0.3, -0.25) is 9.59 Å². The van der Waals surface area contributed by atoms with E-state index < -0.39 is 11.8 Å². The van der Waals surface area contributed by atoms with E-state index in [1.807, 2.05) is 42.5 Å². The van der Waals surface area contributed by atoms with Crippen LogP contribution in [0, 0.1) is 0 Å². The van der Waals surface area contributed by atoms with Gasteiger partial charge in [0.2, 0.25) is 0 Å². The molecule has 1 atom stereocenters. The maximum Gasteiger partial charge on any atom is 0.264 e. The molecule has 1 unspecified atom stereocenters. The van der Waals surface area contributed by atoms with Gasteiger partial charge in [-0.25, -0.2) is 0 Å². The fourth-order valence-electron chi connectivity index (χ4n) is 3.80. The summed E-state index contributed by atoms with van der Waals surface area (Å²) in [5.74, 6) is -1.34. The van der Waals surface area contributed by atoms with E-state index in [0.717, 1.165) is 24.3 Å². The molecule has 2 aliphatic rings. The Bertz CT molecular complexity index is 935. The third-order valence-electron chi connectivity index (χ3n) is 5.34. The SMILES string of the molecule is O=C(Nc1ccc(N2CCOCC2)cc1)C1=C(O)CC(Cc2ccccc2)NC1=O. The minimum absolute atomic E-state index is 0.179. The maximum atomic E-state index is 12.6. The van der Waals surface area contributed by atoms with Crippen LogP contribution in [0.1, 0.15) is 12.0 Å². The van der Waals surface area contributed by atoms with Gasteiger partial charge >= 0.3 is 0 Å². The Morgan fingerprint density at radius 1 is 1.10 bits per heavy atom. The number of carbonyl (C=O) groups excluding carboxylic acids is 2. The Balaban J connectivity index is 1.40. The van der Waals surface area contributed by atoms with Crippen molar-refractivity contribution in [1.29, 1.82) is 0 Å². The summed E-state index contributed by atoms with van der Waals surface area (Å²) in [5.41, 5.74) is 2.45. The van der Waals surface area contributed by atoms with E-state index in [9.17, 15) is 14.7 Å². The average molecular weight is 407 g/mol. The summed E-state index contributed by atoms with van der Waals surface area (Å²) in [7, 11) is 0. The maximum absolute atomic E-state index is 12.6. The lowest BCUT2D eigenvalue weighted by molar-refractivity contribution is -0.122. The highest BCUT2D eigenvalue weighted by molar-refractivity contribution is 6.23. The number of nitrogens with zero attached hydrogens (tertiary/aromatic N) is 1.